The third kappa shape index (κ3) is 6.93. The van der Waals surface area contributed by atoms with E-state index in [4.69, 9.17) is 24.0 Å². The first-order chi connectivity index (χ1) is 18.8. The van der Waals surface area contributed by atoms with Crippen LogP contribution in [0.3, 0.4) is 0 Å². The lowest BCUT2D eigenvalue weighted by Gasteiger charge is -2.31. The minimum atomic E-state index is -0.605. The second kappa shape index (κ2) is 13.0. The molecule has 39 heavy (non-hydrogen) atoms. The summed E-state index contributed by atoms with van der Waals surface area (Å²) >= 11 is 0. The van der Waals surface area contributed by atoms with Crippen molar-refractivity contribution in [1.82, 2.24) is 25.3 Å². The fraction of sp³-hybridized carbons (Fsp3) is 0.517. The summed E-state index contributed by atoms with van der Waals surface area (Å²) in [6.45, 7) is 7.94. The Morgan fingerprint density at radius 3 is 2.67 bits per heavy atom. The van der Waals surface area contributed by atoms with Crippen molar-refractivity contribution in [2.45, 2.75) is 52.6 Å². The number of nitrogens with one attached hydrogen (secondary N) is 1. The van der Waals surface area contributed by atoms with Gasteiger partial charge in [0.25, 0.3) is 0 Å². The van der Waals surface area contributed by atoms with Crippen LogP contribution in [0.1, 0.15) is 42.0 Å². The number of likely N-dealkylation sites (tertiary alicyclic amines) is 1. The lowest BCUT2D eigenvalue weighted by atomic mass is 9.90. The largest absolute Gasteiger partial charge is 0.491 e. The quantitative estimate of drug-likeness (QED) is 0.394. The number of rotatable bonds is 10. The maximum absolute atomic E-state index is 11.9. The van der Waals surface area contributed by atoms with E-state index >= 15 is 0 Å². The number of aliphatic hydroxyl groups excluding tert-OH is 1. The molecular weight excluding hydrogens is 498 g/mol. The molecule has 0 bridgehead atoms. The average Bonchev–Trinajstić information content (AvgIpc) is 3.28. The number of methoxy groups -OCH3 is 1. The number of hydrogen-bond donors (Lipinski definition) is 2. The van der Waals surface area contributed by atoms with E-state index in [2.05, 4.69) is 17.4 Å². The highest BCUT2D eigenvalue weighted by Crippen LogP contribution is 2.33. The number of aliphatic hydroxyl groups is 1. The molecule has 2 aromatic heterocycles. The molecule has 1 aliphatic rings. The van der Waals surface area contributed by atoms with Crippen LogP contribution in [-0.2, 0) is 11.2 Å². The molecular formula is C29H39N5O5. The summed E-state index contributed by atoms with van der Waals surface area (Å²) in [7, 11) is 3.22. The van der Waals surface area contributed by atoms with Crippen LogP contribution >= 0.6 is 0 Å². The van der Waals surface area contributed by atoms with Gasteiger partial charge in [0, 0.05) is 30.9 Å². The first kappa shape index (κ1) is 28.5. The van der Waals surface area contributed by atoms with Crippen molar-refractivity contribution in [3.8, 4) is 28.4 Å². The van der Waals surface area contributed by atoms with Gasteiger partial charge in [0.05, 0.1) is 24.1 Å². The number of hydrogen-bond acceptors (Lipinski definition) is 9. The van der Waals surface area contributed by atoms with Crippen LogP contribution in [0.2, 0.25) is 0 Å². The van der Waals surface area contributed by atoms with Crippen LogP contribution in [0.15, 0.2) is 28.8 Å². The maximum atomic E-state index is 11.9. The highest BCUT2D eigenvalue weighted by atomic mass is 16.5. The van der Waals surface area contributed by atoms with Crippen molar-refractivity contribution < 1.29 is 23.9 Å². The van der Waals surface area contributed by atoms with E-state index in [1.54, 1.807) is 11.9 Å². The summed E-state index contributed by atoms with van der Waals surface area (Å²) in [4.78, 5) is 23.6. The van der Waals surface area contributed by atoms with E-state index in [1.165, 1.54) is 7.11 Å². The molecule has 3 heterocycles. The Balaban J connectivity index is 1.60. The molecule has 2 N–H and O–H groups in total. The summed E-state index contributed by atoms with van der Waals surface area (Å²) < 4.78 is 16.2. The number of carbonyl (C=O) groups excluding carboxylic acids is 1. The minimum absolute atomic E-state index is 0.184. The third-order valence-corrected chi connectivity index (χ3v) is 7.33. The van der Waals surface area contributed by atoms with E-state index in [0.29, 0.717) is 37.1 Å². The lowest BCUT2D eigenvalue weighted by molar-refractivity contribution is 0.105. The zero-order valence-electron chi connectivity index (χ0n) is 23.5. The van der Waals surface area contributed by atoms with Crippen molar-refractivity contribution >= 4 is 6.09 Å². The van der Waals surface area contributed by atoms with Gasteiger partial charge in [-0.1, -0.05) is 17.3 Å². The molecule has 10 heteroatoms. The Labute approximate surface area is 229 Å². The summed E-state index contributed by atoms with van der Waals surface area (Å²) in [5.74, 6) is 2.47. The molecule has 1 saturated heterocycles. The van der Waals surface area contributed by atoms with Crippen LogP contribution in [0.4, 0.5) is 4.79 Å². The SMILES string of the molecule is CNCC(O)COc1cccc(-c2nc(CCC3CCN(C(=O)OC)CC3)c(C)c(-c3c(C)noc3C)n2)c1. The van der Waals surface area contributed by atoms with Gasteiger partial charge in [-0.15, -0.1) is 0 Å². The number of piperidine rings is 1. The minimum Gasteiger partial charge on any atom is -0.491 e. The fourth-order valence-electron chi connectivity index (χ4n) is 5.09. The zero-order valence-corrected chi connectivity index (χ0v) is 23.5. The van der Waals surface area contributed by atoms with Crippen molar-refractivity contribution in [2.24, 2.45) is 5.92 Å². The number of aromatic nitrogens is 3. The van der Waals surface area contributed by atoms with Gasteiger partial charge >= 0.3 is 6.09 Å². The maximum Gasteiger partial charge on any atom is 0.409 e. The van der Waals surface area contributed by atoms with E-state index in [-0.39, 0.29) is 12.7 Å². The van der Waals surface area contributed by atoms with Gasteiger partial charge in [0.1, 0.15) is 24.2 Å². The van der Waals surface area contributed by atoms with Crippen LogP contribution in [-0.4, -0.2) is 77.7 Å². The molecule has 1 unspecified atom stereocenters. The summed E-state index contributed by atoms with van der Waals surface area (Å²) in [5, 5.41) is 17.1. The number of aryl methyl sites for hydroxylation is 3. The van der Waals surface area contributed by atoms with Crippen molar-refractivity contribution in [3.63, 3.8) is 0 Å². The van der Waals surface area contributed by atoms with Gasteiger partial charge in [-0.2, -0.15) is 0 Å². The highest BCUT2D eigenvalue weighted by molar-refractivity contribution is 5.71. The molecule has 3 aromatic rings. The number of ether oxygens (including phenoxy) is 2. The second-order valence-corrected chi connectivity index (χ2v) is 10.2. The third-order valence-electron chi connectivity index (χ3n) is 7.33. The van der Waals surface area contributed by atoms with Crippen LogP contribution in [0, 0.1) is 26.7 Å². The van der Waals surface area contributed by atoms with E-state index < -0.39 is 6.10 Å². The summed E-state index contributed by atoms with van der Waals surface area (Å²) in [6.07, 6.45) is 2.80. The molecule has 4 rings (SSSR count). The number of amides is 1. The Morgan fingerprint density at radius 2 is 2.00 bits per heavy atom. The van der Waals surface area contributed by atoms with Gasteiger partial charge in [0.2, 0.25) is 0 Å². The first-order valence-corrected chi connectivity index (χ1v) is 13.5. The Kier molecular flexibility index (Phi) is 9.53. The molecule has 0 saturated carbocycles. The van der Waals surface area contributed by atoms with Crippen molar-refractivity contribution in [2.75, 3.05) is 40.4 Å². The molecule has 1 fully saturated rings. The normalized spacial score (nSPS) is 14.9. The molecule has 0 radical (unpaired) electrons. The van der Waals surface area contributed by atoms with Crippen LogP contribution in [0.5, 0.6) is 5.75 Å². The van der Waals surface area contributed by atoms with E-state index in [1.807, 2.05) is 38.1 Å². The molecule has 0 aliphatic carbocycles. The molecule has 0 spiro atoms. The van der Waals surface area contributed by atoms with Gasteiger partial charge in [-0.05, 0) is 77.1 Å². The second-order valence-electron chi connectivity index (χ2n) is 10.2. The highest BCUT2D eigenvalue weighted by Gasteiger charge is 2.25. The van der Waals surface area contributed by atoms with Gasteiger partial charge < -0.3 is 29.3 Å². The van der Waals surface area contributed by atoms with E-state index in [0.717, 1.165) is 65.2 Å². The van der Waals surface area contributed by atoms with Crippen LogP contribution in [0.25, 0.3) is 22.6 Å². The van der Waals surface area contributed by atoms with Crippen molar-refractivity contribution in [1.29, 1.82) is 0 Å². The molecule has 1 amide bonds. The summed E-state index contributed by atoms with van der Waals surface area (Å²) in [5.41, 5.74) is 5.34. The number of nitrogens with zero attached hydrogens (tertiary/aromatic N) is 4. The lowest BCUT2D eigenvalue weighted by Crippen LogP contribution is -2.38. The molecule has 1 aliphatic heterocycles. The number of carbonyl (C=O) groups is 1. The number of benzene rings is 1. The topological polar surface area (TPSA) is 123 Å². The Bertz CT molecular complexity index is 1250. The van der Waals surface area contributed by atoms with Gasteiger partial charge in [0.15, 0.2) is 5.82 Å². The predicted molar refractivity (Wildman–Crippen MR) is 148 cm³/mol. The summed E-state index contributed by atoms with van der Waals surface area (Å²) in [6, 6.07) is 7.63. The fourth-order valence-corrected chi connectivity index (χ4v) is 5.09. The standard InChI is InChI=1S/C29H39N5O5/c1-18-25(10-9-21-11-13-34(14-12-21)29(36)37-5)31-28(32-27(18)26-19(2)33-39-20(26)3)22-7-6-8-24(15-22)38-17-23(35)16-30-4/h6-8,15,21,23,30,35H,9-14,16-17H2,1-5H3. The Morgan fingerprint density at radius 1 is 1.23 bits per heavy atom. The molecule has 1 aromatic carbocycles. The van der Waals surface area contributed by atoms with E-state index in [9.17, 15) is 9.90 Å². The predicted octanol–water partition coefficient (Wildman–Crippen LogP) is 4.09. The Hall–Kier alpha value is -3.50. The molecule has 1 atom stereocenters. The van der Waals surface area contributed by atoms with Crippen molar-refractivity contribution in [3.05, 3.63) is 47.0 Å². The average molecular weight is 538 g/mol. The smallest absolute Gasteiger partial charge is 0.409 e. The van der Waals surface area contributed by atoms with Crippen LogP contribution < -0.4 is 10.1 Å². The van der Waals surface area contributed by atoms with Gasteiger partial charge in [-0.3, -0.25) is 0 Å². The van der Waals surface area contributed by atoms with Gasteiger partial charge in [-0.25, -0.2) is 14.8 Å². The number of likely N-dealkylation sites (N-methyl/N-ethyl adjacent to an activating group) is 1. The first-order valence-electron chi connectivity index (χ1n) is 13.5. The monoisotopic (exact) mass is 537 g/mol. The zero-order chi connectivity index (χ0) is 27.9. The molecule has 210 valence electrons. The molecule has 10 nitrogen and oxygen atoms in total.